The molecule has 0 aliphatic heterocycles. The highest BCUT2D eigenvalue weighted by Crippen LogP contribution is 2.28. The van der Waals surface area contributed by atoms with E-state index in [1.807, 2.05) is 6.07 Å². The van der Waals surface area contributed by atoms with Gasteiger partial charge in [0.15, 0.2) is 0 Å². The summed E-state index contributed by atoms with van der Waals surface area (Å²) in [6.07, 6.45) is 4.75. The van der Waals surface area contributed by atoms with E-state index in [9.17, 15) is 0 Å². The molecule has 0 atom stereocenters. The van der Waals surface area contributed by atoms with E-state index in [0.717, 1.165) is 41.5 Å². The Bertz CT molecular complexity index is 337. The summed E-state index contributed by atoms with van der Waals surface area (Å²) in [5.74, 6) is 2.74. The number of hydrogen-bond acceptors (Lipinski definition) is 3. The zero-order chi connectivity index (χ0) is 10.7. The predicted molar refractivity (Wildman–Crippen MR) is 64.9 cm³/mol. The van der Waals surface area contributed by atoms with Gasteiger partial charge in [0, 0.05) is 19.0 Å². The van der Waals surface area contributed by atoms with Crippen molar-refractivity contribution in [2.45, 2.75) is 32.6 Å². The molecule has 4 heteroatoms. The first-order chi connectivity index (χ1) is 7.28. The molecule has 3 nitrogen and oxygen atoms in total. The molecule has 82 valence electrons. The molecule has 1 heterocycles. The lowest BCUT2D eigenvalue weighted by Crippen LogP contribution is -2.07. The third-order valence-electron chi connectivity index (χ3n) is 2.48. The summed E-state index contributed by atoms with van der Waals surface area (Å²) in [6, 6.07) is 1.95. The Hall–Kier alpha value is -0.640. The monoisotopic (exact) mass is 269 g/mol. The Balaban J connectivity index is 2.00. The van der Waals surface area contributed by atoms with E-state index in [1.54, 1.807) is 0 Å². The normalized spacial score (nSPS) is 15.3. The van der Waals surface area contributed by atoms with Crippen LogP contribution in [-0.2, 0) is 6.42 Å². The Morgan fingerprint density at radius 2 is 2.27 bits per heavy atom. The quantitative estimate of drug-likeness (QED) is 0.836. The summed E-state index contributed by atoms with van der Waals surface area (Å²) >= 11 is 3.41. The van der Waals surface area contributed by atoms with E-state index in [1.165, 1.54) is 12.8 Å². The van der Waals surface area contributed by atoms with Gasteiger partial charge in [-0.05, 0) is 41.1 Å². The van der Waals surface area contributed by atoms with Gasteiger partial charge in [-0.25, -0.2) is 9.97 Å². The summed E-state index contributed by atoms with van der Waals surface area (Å²) < 4.78 is 0.874. The van der Waals surface area contributed by atoms with Gasteiger partial charge in [-0.15, -0.1) is 0 Å². The second-order valence-electron chi connectivity index (χ2n) is 4.07. The molecule has 0 unspecified atom stereocenters. The lowest BCUT2D eigenvalue weighted by atomic mass is 10.3. The highest BCUT2D eigenvalue weighted by molar-refractivity contribution is 9.10. The molecular weight excluding hydrogens is 254 g/mol. The lowest BCUT2D eigenvalue weighted by molar-refractivity contribution is 0.820. The van der Waals surface area contributed by atoms with Gasteiger partial charge >= 0.3 is 0 Å². The van der Waals surface area contributed by atoms with Crippen LogP contribution in [0.5, 0.6) is 0 Å². The van der Waals surface area contributed by atoms with Crippen molar-refractivity contribution >= 4 is 21.7 Å². The fourth-order valence-corrected chi connectivity index (χ4v) is 1.88. The van der Waals surface area contributed by atoms with Crippen molar-refractivity contribution in [2.75, 3.05) is 11.9 Å². The standard InChI is InChI=1S/C11H16BrN3/c1-2-3-10-14-9(12)6-11(15-10)13-7-8-4-5-8/h6,8H,2-5,7H2,1H3,(H,13,14,15). The highest BCUT2D eigenvalue weighted by Gasteiger charge is 2.20. The zero-order valence-corrected chi connectivity index (χ0v) is 10.5. The number of hydrogen-bond donors (Lipinski definition) is 1. The fraction of sp³-hybridized carbons (Fsp3) is 0.636. The Labute approximate surface area is 98.8 Å². The minimum atomic E-state index is 0.869. The van der Waals surface area contributed by atoms with Gasteiger partial charge in [0.1, 0.15) is 16.2 Å². The molecule has 1 N–H and O–H groups in total. The smallest absolute Gasteiger partial charge is 0.132 e. The van der Waals surface area contributed by atoms with Crippen LogP contribution in [0, 0.1) is 5.92 Å². The minimum Gasteiger partial charge on any atom is -0.370 e. The molecule has 1 aliphatic carbocycles. The van der Waals surface area contributed by atoms with Crippen LogP contribution < -0.4 is 5.32 Å². The molecular formula is C11H16BrN3. The summed E-state index contributed by atoms with van der Waals surface area (Å²) in [7, 11) is 0. The van der Waals surface area contributed by atoms with Gasteiger partial charge in [-0.2, -0.15) is 0 Å². The van der Waals surface area contributed by atoms with Crippen molar-refractivity contribution < 1.29 is 0 Å². The average Bonchev–Trinajstić information content (AvgIpc) is 2.98. The van der Waals surface area contributed by atoms with Gasteiger partial charge < -0.3 is 5.32 Å². The first-order valence-corrected chi connectivity index (χ1v) is 6.34. The van der Waals surface area contributed by atoms with Gasteiger partial charge in [0.25, 0.3) is 0 Å². The molecule has 0 saturated heterocycles. The summed E-state index contributed by atoms with van der Waals surface area (Å²) in [6.45, 7) is 3.19. The molecule has 0 aromatic carbocycles. The van der Waals surface area contributed by atoms with E-state index in [2.05, 4.69) is 38.1 Å². The topological polar surface area (TPSA) is 37.8 Å². The molecule has 1 saturated carbocycles. The maximum atomic E-state index is 4.47. The second kappa shape index (κ2) is 4.92. The van der Waals surface area contributed by atoms with E-state index in [0.29, 0.717) is 0 Å². The van der Waals surface area contributed by atoms with Gasteiger partial charge in [0.05, 0.1) is 0 Å². The molecule has 2 rings (SSSR count). The van der Waals surface area contributed by atoms with Crippen LogP contribution in [0.1, 0.15) is 32.0 Å². The molecule has 0 amide bonds. The molecule has 1 aromatic heterocycles. The van der Waals surface area contributed by atoms with Crippen LogP contribution in [0.4, 0.5) is 5.82 Å². The van der Waals surface area contributed by atoms with Gasteiger partial charge in [0.2, 0.25) is 0 Å². The minimum absolute atomic E-state index is 0.869. The van der Waals surface area contributed by atoms with Crippen molar-refractivity contribution in [3.8, 4) is 0 Å². The van der Waals surface area contributed by atoms with Gasteiger partial charge in [-0.3, -0.25) is 0 Å². The zero-order valence-electron chi connectivity index (χ0n) is 8.96. The number of nitrogens with zero attached hydrogens (tertiary/aromatic N) is 2. The average molecular weight is 270 g/mol. The highest BCUT2D eigenvalue weighted by atomic mass is 79.9. The number of rotatable bonds is 5. The maximum Gasteiger partial charge on any atom is 0.132 e. The molecule has 1 aliphatic rings. The van der Waals surface area contributed by atoms with Crippen LogP contribution in [-0.4, -0.2) is 16.5 Å². The van der Waals surface area contributed by atoms with Crippen LogP contribution in [0.3, 0.4) is 0 Å². The van der Waals surface area contributed by atoms with E-state index >= 15 is 0 Å². The second-order valence-corrected chi connectivity index (χ2v) is 4.88. The third kappa shape index (κ3) is 3.45. The van der Waals surface area contributed by atoms with Crippen molar-refractivity contribution in [3.05, 3.63) is 16.5 Å². The number of halogens is 1. The number of aryl methyl sites for hydroxylation is 1. The van der Waals surface area contributed by atoms with Gasteiger partial charge in [-0.1, -0.05) is 6.92 Å². The van der Waals surface area contributed by atoms with Crippen molar-refractivity contribution in [2.24, 2.45) is 5.92 Å². The van der Waals surface area contributed by atoms with E-state index < -0.39 is 0 Å². The summed E-state index contributed by atoms with van der Waals surface area (Å²) in [5.41, 5.74) is 0. The molecule has 15 heavy (non-hydrogen) atoms. The van der Waals surface area contributed by atoms with E-state index in [-0.39, 0.29) is 0 Å². The Kier molecular flexibility index (Phi) is 3.57. The molecule has 1 fully saturated rings. The molecule has 0 radical (unpaired) electrons. The number of aromatic nitrogens is 2. The summed E-state index contributed by atoms with van der Waals surface area (Å²) in [4.78, 5) is 8.80. The third-order valence-corrected chi connectivity index (χ3v) is 2.89. The lowest BCUT2D eigenvalue weighted by Gasteiger charge is -2.06. The number of anilines is 1. The first-order valence-electron chi connectivity index (χ1n) is 5.55. The number of nitrogens with one attached hydrogen (secondary N) is 1. The van der Waals surface area contributed by atoms with Crippen LogP contribution in [0.25, 0.3) is 0 Å². The molecule has 1 aromatic rings. The largest absolute Gasteiger partial charge is 0.370 e. The van der Waals surface area contributed by atoms with Crippen LogP contribution in [0.15, 0.2) is 10.7 Å². The van der Waals surface area contributed by atoms with Crippen LogP contribution >= 0.6 is 15.9 Å². The molecule has 0 bridgehead atoms. The van der Waals surface area contributed by atoms with Crippen molar-refractivity contribution in [3.63, 3.8) is 0 Å². The van der Waals surface area contributed by atoms with Crippen LogP contribution in [0.2, 0.25) is 0 Å². The first kappa shape index (κ1) is 10.9. The Morgan fingerprint density at radius 3 is 2.93 bits per heavy atom. The summed E-state index contributed by atoms with van der Waals surface area (Å²) in [5, 5.41) is 3.37. The van der Waals surface area contributed by atoms with Crippen molar-refractivity contribution in [1.29, 1.82) is 0 Å². The molecule has 0 spiro atoms. The van der Waals surface area contributed by atoms with Crippen molar-refractivity contribution in [1.82, 2.24) is 9.97 Å². The maximum absolute atomic E-state index is 4.47. The van der Waals surface area contributed by atoms with E-state index in [4.69, 9.17) is 0 Å². The fourth-order valence-electron chi connectivity index (χ4n) is 1.46. The predicted octanol–water partition coefficient (Wildman–Crippen LogP) is 3.01. The SMILES string of the molecule is CCCc1nc(Br)cc(NCC2CC2)n1. The Morgan fingerprint density at radius 1 is 1.47 bits per heavy atom.